The summed E-state index contributed by atoms with van der Waals surface area (Å²) in [5, 5.41) is 11.4. The molecule has 4 rings (SSSR count). The van der Waals surface area contributed by atoms with Gasteiger partial charge in [-0.25, -0.2) is 4.68 Å². The molecule has 0 saturated heterocycles. The smallest absolute Gasteiger partial charge is 0.250 e. The van der Waals surface area contributed by atoms with Crippen LogP contribution >= 0.6 is 11.6 Å². The molecule has 2 aromatic carbocycles. The zero-order valence-corrected chi connectivity index (χ0v) is 15.6. The Morgan fingerprint density at radius 2 is 1.93 bits per heavy atom. The number of rotatable bonds is 4. The van der Waals surface area contributed by atoms with E-state index in [0.717, 1.165) is 17.5 Å². The molecule has 0 spiro atoms. The van der Waals surface area contributed by atoms with Crippen molar-refractivity contribution < 1.29 is 4.79 Å². The molecule has 2 heterocycles. The van der Waals surface area contributed by atoms with Crippen LogP contribution in [0.3, 0.4) is 0 Å². The fraction of sp³-hybridized carbons (Fsp3) is 0.250. The number of nitrogens with one attached hydrogen (secondary N) is 2. The number of nitrogens with zero attached hydrogens (tertiary/aromatic N) is 3. The summed E-state index contributed by atoms with van der Waals surface area (Å²) in [4.78, 5) is 16.2. The van der Waals surface area contributed by atoms with E-state index in [1.807, 2.05) is 47.1 Å². The van der Waals surface area contributed by atoms with E-state index in [1.54, 1.807) is 6.92 Å². The predicted octanol–water partition coefficient (Wildman–Crippen LogP) is 4.43. The van der Waals surface area contributed by atoms with E-state index in [4.69, 9.17) is 11.6 Å². The average Bonchev–Trinajstić information content (AvgIpc) is 3.10. The Morgan fingerprint density at radius 1 is 1.19 bits per heavy atom. The summed E-state index contributed by atoms with van der Waals surface area (Å²) in [6.45, 7) is 1.80. The number of carbonyl (C=O) groups excluding carboxylic acids is 1. The molecule has 6 nitrogen and oxygen atoms in total. The lowest BCUT2D eigenvalue weighted by molar-refractivity contribution is -0.115. The van der Waals surface area contributed by atoms with E-state index in [-0.39, 0.29) is 18.0 Å². The Hall–Kier alpha value is -2.86. The van der Waals surface area contributed by atoms with Gasteiger partial charge in [-0.05, 0) is 29.7 Å². The first-order valence-corrected chi connectivity index (χ1v) is 9.35. The third-order valence-corrected chi connectivity index (χ3v) is 4.97. The number of hydrogen-bond donors (Lipinski definition) is 2. The highest BCUT2D eigenvalue weighted by Crippen LogP contribution is 2.38. The van der Waals surface area contributed by atoms with E-state index in [9.17, 15) is 4.79 Å². The number of carbonyl (C=O) groups is 1. The van der Waals surface area contributed by atoms with E-state index in [0.29, 0.717) is 23.3 Å². The maximum absolute atomic E-state index is 11.7. The standard InChI is InChI=1S/C20H20ClN5O/c1-2-18(27)23-19-24-20-22-16(13-8-10-15(21)11-9-13)12-17(26(20)25-19)14-6-4-3-5-7-14/h3-11,16-17H,2,12H2,1H3,(H2,22,23,24,25,27)/t16-,17+/m0/s1. The number of anilines is 2. The fourth-order valence-corrected chi connectivity index (χ4v) is 3.44. The first-order chi connectivity index (χ1) is 13.1. The molecule has 2 atom stereocenters. The van der Waals surface area contributed by atoms with Crippen LogP contribution in [0.2, 0.25) is 5.02 Å². The van der Waals surface area contributed by atoms with Gasteiger partial charge < -0.3 is 5.32 Å². The molecule has 3 aromatic rings. The number of benzene rings is 2. The number of hydrogen-bond acceptors (Lipinski definition) is 4. The van der Waals surface area contributed by atoms with Crippen molar-refractivity contribution in [2.24, 2.45) is 0 Å². The van der Waals surface area contributed by atoms with Crippen molar-refractivity contribution in [1.82, 2.24) is 14.8 Å². The summed E-state index contributed by atoms with van der Waals surface area (Å²) in [6.07, 6.45) is 1.19. The normalized spacial score (nSPS) is 18.4. The summed E-state index contributed by atoms with van der Waals surface area (Å²) < 4.78 is 1.85. The van der Waals surface area contributed by atoms with Gasteiger partial charge in [0.05, 0.1) is 12.1 Å². The Bertz CT molecular complexity index is 939. The van der Waals surface area contributed by atoms with Crippen molar-refractivity contribution in [3.05, 3.63) is 70.7 Å². The van der Waals surface area contributed by atoms with Gasteiger partial charge >= 0.3 is 0 Å². The highest BCUT2D eigenvalue weighted by molar-refractivity contribution is 6.30. The summed E-state index contributed by atoms with van der Waals surface area (Å²) >= 11 is 6.03. The number of amides is 1. The highest BCUT2D eigenvalue weighted by atomic mass is 35.5. The van der Waals surface area contributed by atoms with Crippen LogP contribution in [-0.4, -0.2) is 20.7 Å². The second-order valence-electron chi connectivity index (χ2n) is 6.52. The molecule has 1 amide bonds. The molecular formula is C20H20ClN5O. The van der Waals surface area contributed by atoms with Gasteiger partial charge in [-0.3, -0.25) is 10.1 Å². The lowest BCUT2D eigenvalue weighted by Gasteiger charge is -2.31. The van der Waals surface area contributed by atoms with Crippen LogP contribution in [0.5, 0.6) is 0 Å². The Morgan fingerprint density at radius 3 is 2.63 bits per heavy atom. The molecule has 1 aliphatic rings. The summed E-state index contributed by atoms with van der Waals surface area (Å²) in [7, 11) is 0. The molecule has 1 aromatic heterocycles. The predicted molar refractivity (Wildman–Crippen MR) is 106 cm³/mol. The van der Waals surface area contributed by atoms with Crippen molar-refractivity contribution >= 4 is 29.4 Å². The highest BCUT2D eigenvalue weighted by Gasteiger charge is 2.31. The Kier molecular flexibility index (Phi) is 4.81. The number of halogens is 1. The molecule has 0 unspecified atom stereocenters. The zero-order valence-electron chi connectivity index (χ0n) is 14.9. The van der Waals surface area contributed by atoms with E-state index in [1.165, 1.54) is 0 Å². The molecule has 27 heavy (non-hydrogen) atoms. The number of fused-ring (bicyclic) bond motifs is 1. The minimum Gasteiger partial charge on any atom is -0.347 e. The van der Waals surface area contributed by atoms with Crippen molar-refractivity contribution in [2.75, 3.05) is 10.6 Å². The monoisotopic (exact) mass is 381 g/mol. The first kappa shape index (κ1) is 17.5. The van der Waals surface area contributed by atoms with Gasteiger partial charge in [0.25, 0.3) is 5.95 Å². The average molecular weight is 382 g/mol. The molecule has 1 aliphatic heterocycles. The minimum atomic E-state index is -0.108. The van der Waals surface area contributed by atoms with Crippen LogP contribution in [-0.2, 0) is 4.79 Å². The van der Waals surface area contributed by atoms with Gasteiger partial charge in [-0.1, -0.05) is 61.0 Å². The largest absolute Gasteiger partial charge is 0.347 e. The molecule has 0 fully saturated rings. The van der Waals surface area contributed by atoms with Crippen LogP contribution in [0.15, 0.2) is 54.6 Å². The minimum absolute atomic E-state index is 0.0166. The summed E-state index contributed by atoms with van der Waals surface area (Å²) in [5.74, 6) is 0.854. The van der Waals surface area contributed by atoms with Crippen LogP contribution in [0.4, 0.5) is 11.9 Å². The Balaban J connectivity index is 1.71. The SMILES string of the molecule is CCC(=O)Nc1nc2n(n1)[C@@H](c1ccccc1)C[C@@H](c1ccc(Cl)cc1)N2. The van der Waals surface area contributed by atoms with Gasteiger partial charge in [0, 0.05) is 11.4 Å². The van der Waals surface area contributed by atoms with E-state index in [2.05, 4.69) is 32.8 Å². The third-order valence-electron chi connectivity index (χ3n) is 4.72. The number of aromatic nitrogens is 3. The van der Waals surface area contributed by atoms with E-state index < -0.39 is 0 Å². The second-order valence-corrected chi connectivity index (χ2v) is 6.95. The first-order valence-electron chi connectivity index (χ1n) is 8.97. The van der Waals surface area contributed by atoms with Gasteiger partial charge in [-0.15, -0.1) is 5.10 Å². The molecule has 7 heteroatoms. The van der Waals surface area contributed by atoms with E-state index >= 15 is 0 Å². The lowest BCUT2D eigenvalue weighted by Crippen LogP contribution is -2.28. The maximum atomic E-state index is 11.7. The fourth-order valence-electron chi connectivity index (χ4n) is 3.31. The topological polar surface area (TPSA) is 71.8 Å². The van der Waals surface area contributed by atoms with Gasteiger partial charge in [0.15, 0.2) is 0 Å². The van der Waals surface area contributed by atoms with Crippen molar-refractivity contribution in [3.8, 4) is 0 Å². The molecule has 0 aliphatic carbocycles. The van der Waals surface area contributed by atoms with Crippen LogP contribution in [0.25, 0.3) is 0 Å². The van der Waals surface area contributed by atoms with Crippen LogP contribution < -0.4 is 10.6 Å². The lowest BCUT2D eigenvalue weighted by atomic mass is 9.93. The van der Waals surface area contributed by atoms with Crippen LogP contribution in [0.1, 0.15) is 43.0 Å². The molecular weight excluding hydrogens is 362 g/mol. The van der Waals surface area contributed by atoms with Gasteiger partial charge in [-0.2, -0.15) is 4.98 Å². The van der Waals surface area contributed by atoms with Gasteiger partial charge in [0.1, 0.15) is 0 Å². The summed E-state index contributed by atoms with van der Waals surface area (Å²) in [6, 6.07) is 18.1. The summed E-state index contributed by atoms with van der Waals surface area (Å²) in [5.41, 5.74) is 2.28. The van der Waals surface area contributed by atoms with Crippen molar-refractivity contribution in [3.63, 3.8) is 0 Å². The molecule has 0 radical (unpaired) electrons. The molecule has 2 N–H and O–H groups in total. The van der Waals surface area contributed by atoms with Crippen LogP contribution in [0, 0.1) is 0 Å². The van der Waals surface area contributed by atoms with Crippen molar-refractivity contribution in [1.29, 1.82) is 0 Å². The molecule has 0 bridgehead atoms. The van der Waals surface area contributed by atoms with Gasteiger partial charge in [0.2, 0.25) is 11.9 Å². The quantitative estimate of drug-likeness (QED) is 0.701. The molecule has 138 valence electrons. The maximum Gasteiger partial charge on any atom is 0.250 e. The zero-order chi connectivity index (χ0) is 18.8. The van der Waals surface area contributed by atoms with Crippen molar-refractivity contribution in [2.45, 2.75) is 31.8 Å². The molecule has 0 saturated carbocycles. The second kappa shape index (κ2) is 7.40. The third kappa shape index (κ3) is 3.66. The Labute approximate surface area is 162 Å².